The number of aryl methyl sites for hydroxylation is 1. The second-order valence-corrected chi connectivity index (χ2v) is 5.84. The molecule has 0 radical (unpaired) electrons. The molecule has 3 rings (SSSR count). The first kappa shape index (κ1) is 12.9. The molecule has 1 heterocycles. The van der Waals surface area contributed by atoms with Crippen LogP contribution in [0.1, 0.15) is 5.56 Å². The lowest BCUT2D eigenvalue weighted by Crippen LogP contribution is -1.81. The van der Waals surface area contributed by atoms with Gasteiger partial charge in [-0.3, -0.25) is 0 Å². The van der Waals surface area contributed by atoms with Gasteiger partial charge in [0.15, 0.2) is 0 Å². The fourth-order valence-electron chi connectivity index (χ4n) is 2.12. The van der Waals surface area contributed by atoms with Crippen LogP contribution in [0.25, 0.3) is 20.9 Å². The third-order valence-corrected chi connectivity index (χ3v) is 4.50. The average molecular weight is 280 g/mol. The molecular weight excluding hydrogens is 264 g/mol. The number of thiophene rings is 1. The van der Waals surface area contributed by atoms with Crippen LogP contribution in [0.3, 0.4) is 0 Å². The number of hydrogen-bond acceptors (Lipinski definition) is 2. The zero-order valence-electron chi connectivity index (χ0n) is 11.6. The largest absolute Gasteiger partial charge is 0.497 e. The summed E-state index contributed by atoms with van der Waals surface area (Å²) in [6.07, 6.45) is 0. The monoisotopic (exact) mass is 280 g/mol. The molecule has 0 unspecified atom stereocenters. The standard InChI is InChI=1S/C18H16OS/c1-13-3-5-14(6-4-13)17-11-12-18(20-17)15-7-9-16(19-2)10-8-15/h3-12H,1-2H3. The molecule has 2 aromatic carbocycles. The van der Waals surface area contributed by atoms with Gasteiger partial charge in [-0.1, -0.05) is 29.8 Å². The summed E-state index contributed by atoms with van der Waals surface area (Å²) >= 11 is 1.82. The molecule has 20 heavy (non-hydrogen) atoms. The Labute approximate surface area is 123 Å². The van der Waals surface area contributed by atoms with Gasteiger partial charge in [0.25, 0.3) is 0 Å². The van der Waals surface area contributed by atoms with E-state index >= 15 is 0 Å². The first-order valence-electron chi connectivity index (χ1n) is 6.57. The SMILES string of the molecule is COc1ccc(-c2ccc(-c3ccc(C)cc3)s2)cc1. The van der Waals surface area contributed by atoms with E-state index in [4.69, 9.17) is 4.74 Å². The van der Waals surface area contributed by atoms with Crippen LogP contribution in [0, 0.1) is 6.92 Å². The fraction of sp³-hybridized carbons (Fsp3) is 0.111. The first-order chi connectivity index (χ1) is 9.76. The van der Waals surface area contributed by atoms with Gasteiger partial charge in [-0.15, -0.1) is 11.3 Å². The second kappa shape index (κ2) is 5.51. The summed E-state index contributed by atoms with van der Waals surface area (Å²) in [5.74, 6) is 0.893. The average Bonchev–Trinajstić information content (AvgIpc) is 2.98. The smallest absolute Gasteiger partial charge is 0.118 e. The molecule has 0 fully saturated rings. The van der Waals surface area contributed by atoms with Crippen molar-refractivity contribution in [2.24, 2.45) is 0 Å². The highest BCUT2D eigenvalue weighted by Crippen LogP contribution is 2.35. The van der Waals surface area contributed by atoms with E-state index in [0.29, 0.717) is 0 Å². The van der Waals surface area contributed by atoms with Gasteiger partial charge in [0, 0.05) is 9.75 Å². The van der Waals surface area contributed by atoms with Crippen LogP contribution in [0.2, 0.25) is 0 Å². The lowest BCUT2D eigenvalue weighted by atomic mass is 10.1. The first-order valence-corrected chi connectivity index (χ1v) is 7.39. The van der Waals surface area contributed by atoms with Crippen molar-refractivity contribution in [1.29, 1.82) is 0 Å². The summed E-state index contributed by atoms with van der Waals surface area (Å²) in [4.78, 5) is 2.58. The minimum atomic E-state index is 0.893. The predicted octanol–water partition coefficient (Wildman–Crippen LogP) is 5.40. The number of rotatable bonds is 3. The molecule has 0 aliphatic heterocycles. The molecule has 3 aromatic rings. The number of benzene rings is 2. The van der Waals surface area contributed by atoms with Gasteiger partial charge in [-0.05, 0) is 54.4 Å². The van der Waals surface area contributed by atoms with Gasteiger partial charge >= 0.3 is 0 Å². The van der Waals surface area contributed by atoms with Crippen molar-refractivity contribution in [3.63, 3.8) is 0 Å². The zero-order valence-corrected chi connectivity index (χ0v) is 12.4. The van der Waals surface area contributed by atoms with E-state index in [1.165, 1.54) is 26.4 Å². The molecule has 1 nitrogen and oxygen atoms in total. The molecule has 0 N–H and O–H groups in total. The van der Waals surface area contributed by atoms with Crippen LogP contribution in [0.15, 0.2) is 60.7 Å². The van der Waals surface area contributed by atoms with Crippen LogP contribution in [0.4, 0.5) is 0 Å². The van der Waals surface area contributed by atoms with E-state index in [1.807, 2.05) is 23.5 Å². The van der Waals surface area contributed by atoms with E-state index in [1.54, 1.807) is 7.11 Å². The van der Waals surface area contributed by atoms with E-state index in [-0.39, 0.29) is 0 Å². The predicted molar refractivity (Wildman–Crippen MR) is 86.5 cm³/mol. The molecule has 2 heteroatoms. The van der Waals surface area contributed by atoms with E-state index in [0.717, 1.165) is 5.75 Å². The normalized spacial score (nSPS) is 10.5. The molecule has 0 spiro atoms. The number of ether oxygens (including phenoxy) is 1. The van der Waals surface area contributed by atoms with E-state index < -0.39 is 0 Å². The fourth-order valence-corrected chi connectivity index (χ4v) is 3.14. The summed E-state index contributed by atoms with van der Waals surface area (Å²) < 4.78 is 5.19. The molecule has 0 aliphatic rings. The van der Waals surface area contributed by atoms with Crippen LogP contribution in [-0.2, 0) is 0 Å². The summed E-state index contributed by atoms with van der Waals surface area (Å²) in [6.45, 7) is 2.11. The van der Waals surface area contributed by atoms with Crippen molar-refractivity contribution in [2.45, 2.75) is 6.92 Å². The molecule has 1 aromatic heterocycles. The summed E-state index contributed by atoms with van der Waals surface area (Å²) in [5, 5.41) is 0. The van der Waals surface area contributed by atoms with Crippen molar-refractivity contribution in [3.8, 4) is 26.6 Å². The number of hydrogen-bond donors (Lipinski definition) is 0. The maximum atomic E-state index is 5.19. The quantitative estimate of drug-likeness (QED) is 0.624. The molecule has 0 bridgehead atoms. The van der Waals surface area contributed by atoms with Crippen molar-refractivity contribution >= 4 is 11.3 Å². The number of methoxy groups -OCH3 is 1. The van der Waals surface area contributed by atoms with Crippen LogP contribution < -0.4 is 4.74 Å². The van der Waals surface area contributed by atoms with E-state index in [2.05, 4.69) is 55.5 Å². The van der Waals surface area contributed by atoms with Gasteiger partial charge < -0.3 is 4.74 Å². The zero-order chi connectivity index (χ0) is 13.9. The van der Waals surface area contributed by atoms with Crippen molar-refractivity contribution < 1.29 is 4.74 Å². The van der Waals surface area contributed by atoms with Crippen LogP contribution in [-0.4, -0.2) is 7.11 Å². The lowest BCUT2D eigenvalue weighted by Gasteiger charge is -2.01. The Hall–Kier alpha value is -2.06. The summed E-state index contributed by atoms with van der Waals surface area (Å²) in [7, 11) is 1.69. The Bertz CT molecular complexity index is 693. The van der Waals surface area contributed by atoms with E-state index in [9.17, 15) is 0 Å². The third-order valence-electron chi connectivity index (χ3n) is 3.32. The Balaban J connectivity index is 1.91. The van der Waals surface area contributed by atoms with Crippen LogP contribution >= 0.6 is 11.3 Å². The van der Waals surface area contributed by atoms with Gasteiger partial charge in [0.05, 0.1) is 7.11 Å². The minimum absolute atomic E-state index is 0.893. The van der Waals surface area contributed by atoms with Crippen molar-refractivity contribution in [3.05, 3.63) is 66.2 Å². The molecule has 0 atom stereocenters. The van der Waals surface area contributed by atoms with Crippen molar-refractivity contribution in [2.75, 3.05) is 7.11 Å². The molecule has 0 saturated carbocycles. The highest BCUT2D eigenvalue weighted by Gasteiger charge is 2.05. The highest BCUT2D eigenvalue weighted by atomic mass is 32.1. The minimum Gasteiger partial charge on any atom is -0.497 e. The van der Waals surface area contributed by atoms with Gasteiger partial charge in [-0.2, -0.15) is 0 Å². The topological polar surface area (TPSA) is 9.23 Å². The molecule has 0 saturated heterocycles. The van der Waals surface area contributed by atoms with Crippen molar-refractivity contribution in [1.82, 2.24) is 0 Å². The Morgan fingerprint density at radius 1 is 0.700 bits per heavy atom. The summed E-state index contributed by atoms with van der Waals surface area (Å²) in [6, 6.07) is 21.2. The van der Waals surface area contributed by atoms with Gasteiger partial charge in [0.1, 0.15) is 5.75 Å². The maximum Gasteiger partial charge on any atom is 0.118 e. The molecule has 100 valence electrons. The molecular formula is C18H16OS. The Kier molecular flexibility index (Phi) is 3.57. The molecule has 0 amide bonds. The van der Waals surface area contributed by atoms with Crippen LogP contribution in [0.5, 0.6) is 5.75 Å². The maximum absolute atomic E-state index is 5.19. The lowest BCUT2D eigenvalue weighted by molar-refractivity contribution is 0.415. The second-order valence-electron chi connectivity index (χ2n) is 4.76. The molecule has 0 aliphatic carbocycles. The summed E-state index contributed by atoms with van der Waals surface area (Å²) in [5.41, 5.74) is 3.80. The Morgan fingerprint density at radius 2 is 1.20 bits per heavy atom. The van der Waals surface area contributed by atoms with Gasteiger partial charge in [-0.25, -0.2) is 0 Å². The van der Waals surface area contributed by atoms with Gasteiger partial charge in [0.2, 0.25) is 0 Å². The highest BCUT2D eigenvalue weighted by molar-refractivity contribution is 7.18. The third kappa shape index (κ3) is 2.61. The Morgan fingerprint density at radius 3 is 1.70 bits per heavy atom.